The van der Waals surface area contributed by atoms with Crippen molar-refractivity contribution in [3.05, 3.63) is 48.6 Å². The zero-order valence-corrected chi connectivity index (χ0v) is 16.6. The van der Waals surface area contributed by atoms with Gasteiger partial charge in [0.05, 0.1) is 30.5 Å². The van der Waals surface area contributed by atoms with Crippen molar-refractivity contribution >= 4 is 5.97 Å². The first kappa shape index (κ1) is 24.3. The van der Waals surface area contributed by atoms with Crippen LogP contribution in [-0.2, 0) is 9.53 Å². The van der Waals surface area contributed by atoms with Crippen molar-refractivity contribution in [3.8, 4) is 0 Å². The molecule has 0 bridgehead atoms. The molecule has 1 aliphatic heterocycles. The first-order chi connectivity index (χ1) is 13.4. The van der Waals surface area contributed by atoms with Gasteiger partial charge in [-0.3, -0.25) is 4.79 Å². The predicted molar refractivity (Wildman–Crippen MR) is 109 cm³/mol. The highest BCUT2D eigenvalue weighted by Gasteiger charge is 2.35. The van der Waals surface area contributed by atoms with Crippen LogP contribution in [0, 0.1) is 0 Å². The Morgan fingerprint density at radius 1 is 1.07 bits per heavy atom. The lowest BCUT2D eigenvalue weighted by molar-refractivity contribution is -0.136. The summed E-state index contributed by atoms with van der Waals surface area (Å²) in [7, 11) is 0. The number of rotatable bonds is 13. The predicted octanol–water partition coefficient (Wildman–Crippen LogP) is 2.90. The minimum Gasteiger partial charge on any atom is -0.481 e. The fourth-order valence-electron chi connectivity index (χ4n) is 2.90. The van der Waals surface area contributed by atoms with Crippen molar-refractivity contribution < 1.29 is 30.0 Å². The average molecular weight is 395 g/mol. The number of allylic oxidation sites excluding steroid dienone is 5. The van der Waals surface area contributed by atoms with Crippen LogP contribution in [-0.4, -0.2) is 56.9 Å². The maximum Gasteiger partial charge on any atom is 0.303 e. The van der Waals surface area contributed by atoms with Crippen LogP contribution < -0.4 is 0 Å². The number of aliphatic hydroxyl groups is 3. The number of aliphatic hydroxyl groups excluding tert-OH is 3. The smallest absolute Gasteiger partial charge is 0.303 e. The average Bonchev–Trinajstić information content (AvgIpc) is 3.04. The first-order valence-corrected chi connectivity index (χ1v) is 9.98. The van der Waals surface area contributed by atoms with Crippen molar-refractivity contribution in [1.82, 2.24) is 0 Å². The lowest BCUT2D eigenvalue weighted by Crippen LogP contribution is -2.24. The molecule has 1 rings (SSSR count). The number of hydrogen-bond acceptors (Lipinski definition) is 5. The molecule has 0 unspecified atom stereocenters. The standard InChI is InChI=1S/C22H34O6/c1-2-20-19(25)16-21(28-20)18(24)15-14-17(23)12-10-8-6-4-3-5-7-9-11-13-22(26)27/h3-4,7-10,14-15,17-21,23-25H,2,5-6,11-13,16H2,1H3,(H,26,27)/b4-3-,9-7-,10-8-,15-14+/t17-,18+,19+,20-,21-/m1/s1. The van der Waals surface area contributed by atoms with Crippen LogP contribution >= 0.6 is 0 Å². The van der Waals surface area contributed by atoms with E-state index in [9.17, 15) is 20.1 Å². The van der Waals surface area contributed by atoms with E-state index in [1.54, 1.807) is 6.08 Å². The second-order valence-corrected chi connectivity index (χ2v) is 6.92. The van der Waals surface area contributed by atoms with Gasteiger partial charge in [-0.15, -0.1) is 0 Å². The van der Waals surface area contributed by atoms with Crippen LogP contribution in [0.4, 0.5) is 0 Å². The van der Waals surface area contributed by atoms with E-state index in [1.165, 1.54) is 6.08 Å². The summed E-state index contributed by atoms with van der Waals surface area (Å²) in [4.78, 5) is 10.3. The molecule has 1 fully saturated rings. The van der Waals surface area contributed by atoms with E-state index in [-0.39, 0.29) is 12.5 Å². The molecule has 0 spiro atoms. The van der Waals surface area contributed by atoms with Gasteiger partial charge < -0.3 is 25.2 Å². The molecule has 0 saturated carbocycles. The fraction of sp³-hybridized carbons (Fsp3) is 0.591. The van der Waals surface area contributed by atoms with E-state index in [2.05, 4.69) is 0 Å². The van der Waals surface area contributed by atoms with Gasteiger partial charge in [-0.2, -0.15) is 0 Å². The van der Waals surface area contributed by atoms with Crippen LogP contribution in [0.1, 0.15) is 51.9 Å². The molecule has 0 amide bonds. The Balaban J connectivity index is 2.16. The first-order valence-electron chi connectivity index (χ1n) is 9.98. The zero-order valence-electron chi connectivity index (χ0n) is 16.6. The molecule has 0 aromatic rings. The number of aliphatic carboxylic acids is 1. The molecular formula is C22H34O6. The summed E-state index contributed by atoms with van der Waals surface area (Å²) < 4.78 is 5.61. The Hall–Kier alpha value is -1.73. The molecule has 0 aromatic heterocycles. The molecule has 1 heterocycles. The van der Waals surface area contributed by atoms with Crippen LogP contribution in [0.25, 0.3) is 0 Å². The third kappa shape index (κ3) is 10.6. The SMILES string of the molecule is CC[C@H]1O[C@@H]([C@@H](O)/C=C/[C@H](O)C/C=C\C/C=C\C/C=C\CCC(=O)O)C[C@@H]1O. The molecule has 0 aromatic carbocycles. The van der Waals surface area contributed by atoms with Gasteiger partial charge in [-0.05, 0) is 32.1 Å². The van der Waals surface area contributed by atoms with Crippen molar-refractivity contribution in [2.45, 2.75) is 82.4 Å². The van der Waals surface area contributed by atoms with Crippen molar-refractivity contribution in [2.75, 3.05) is 0 Å². The highest BCUT2D eigenvalue weighted by molar-refractivity contribution is 5.66. The number of carboxylic acid groups (broad SMARTS) is 1. The van der Waals surface area contributed by atoms with Crippen LogP contribution in [0.5, 0.6) is 0 Å². The summed E-state index contributed by atoms with van der Waals surface area (Å²) in [6.07, 6.45) is 15.9. The lowest BCUT2D eigenvalue weighted by atomic mass is 10.1. The lowest BCUT2D eigenvalue weighted by Gasteiger charge is -2.16. The van der Waals surface area contributed by atoms with Crippen molar-refractivity contribution in [2.24, 2.45) is 0 Å². The molecule has 6 heteroatoms. The van der Waals surface area contributed by atoms with Gasteiger partial charge >= 0.3 is 5.97 Å². The van der Waals surface area contributed by atoms with Gasteiger partial charge in [-0.1, -0.05) is 55.5 Å². The molecule has 4 N–H and O–H groups in total. The van der Waals surface area contributed by atoms with Crippen molar-refractivity contribution in [3.63, 3.8) is 0 Å². The molecule has 5 atom stereocenters. The number of ether oxygens (including phenoxy) is 1. The zero-order chi connectivity index (χ0) is 20.8. The Bertz CT molecular complexity index is 551. The molecule has 158 valence electrons. The monoisotopic (exact) mass is 394 g/mol. The topological polar surface area (TPSA) is 107 Å². The quantitative estimate of drug-likeness (QED) is 0.358. The van der Waals surface area contributed by atoms with Gasteiger partial charge in [0.1, 0.15) is 0 Å². The van der Waals surface area contributed by atoms with Crippen LogP contribution in [0.15, 0.2) is 48.6 Å². The van der Waals surface area contributed by atoms with Gasteiger partial charge in [0.25, 0.3) is 0 Å². The van der Waals surface area contributed by atoms with Crippen molar-refractivity contribution in [1.29, 1.82) is 0 Å². The minimum absolute atomic E-state index is 0.158. The van der Waals surface area contributed by atoms with E-state index in [0.29, 0.717) is 25.7 Å². The second kappa shape index (κ2) is 14.3. The molecule has 0 radical (unpaired) electrons. The summed E-state index contributed by atoms with van der Waals surface area (Å²) in [6, 6.07) is 0. The van der Waals surface area contributed by atoms with Crippen LogP contribution in [0.3, 0.4) is 0 Å². The Morgan fingerprint density at radius 3 is 2.32 bits per heavy atom. The second-order valence-electron chi connectivity index (χ2n) is 6.92. The molecule has 1 saturated heterocycles. The Morgan fingerprint density at radius 2 is 1.71 bits per heavy atom. The fourth-order valence-corrected chi connectivity index (χ4v) is 2.90. The molecule has 0 aliphatic carbocycles. The minimum atomic E-state index is -0.837. The molecule has 1 aliphatic rings. The van der Waals surface area contributed by atoms with E-state index >= 15 is 0 Å². The number of hydrogen-bond donors (Lipinski definition) is 4. The van der Waals surface area contributed by atoms with E-state index in [1.807, 2.05) is 43.4 Å². The number of carbonyl (C=O) groups is 1. The maximum atomic E-state index is 10.3. The van der Waals surface area contributed by atoms with E-state index in [4.69, 9.17) is 9.84 Å². The van der Waals surface area contributed by atoms with Gasteiger partial charge in [0.15, 0.2) is 0 Å². The summed E-state index contributed by atoms with van der Waals surface area (Å²) in [5.41, 5.74) is 0. The summed E-state index contributed by atoms with van der Waals surface area (Å²) in [6.45, 7) is 1.93. The number of carboxylic acids is 1. The third-order valence-corrected chi connectivity index (χ3v) is 4.51. The summed E-state index contributed by atoms with van der Waals surface area (Å²) in [5.74, 6) is -0.785. The largest absolute Gasteiger partial charge is 0.481 e. The molecule has 28 heavy (non-hydrogen) atoms. The van der Waals surface area contributed by atoms with Crippen LogP contribution in [0.2, 0.25) is 0 Å². The maximum absolute atomic E-state index is 10.3. The van der Waals surface area contributed by atoms with E-state index in [0.717, 1.165) is 12.8 Å². The summed E-state index contributed by atoms with van der Waals surface area (Å²) in [5, 5.41) is 38.4. The molecular weight excluding hydrogens is 360 g/mol. The third-order valence-electron chi connectivity index (χ3n) is 4.51. The van der Waals surface area contributed by atoms with Gasteiger partial charge in [0, 0.05) is 12.8 Å². The Kier molecular flexibility index (Phi) is 12.4. The van der Waals surface area contributed by atoms with E-state index < -0.39 is 30.4 Å². The normalized spacial score (nSPS) is 25.5. The molecule has 6 nitrogen and oxygen atoms in total. The van der Waals surface area contributed by atoms with Gasteiger partial charge in [0.2, 0.25) is 0 Å². The van der Waals surface area contributed by atoms with Gasteiger partial charge in [-0.25, -0.2) is 0 Å². The highest BCUT2D eigenvalue weighted by Crippen LogP contribution is 2.25. The summed E-state index contributed by atoms with van der Waals surface area (Å²) >= 11 is 0. The Labute approximate surface area is 167 Å². The highest BCUT2D eigenvalue weighted by atomic mass is 16.5.